The van der Waals surface area contributed by atoms with Gasteiger partial charge < -0.3 is 19.9 Å². The van der Waals surface area contributed by atoms with Crippen molar-refractivity contribution in [3.05, 3.63) is 108 Å². The van der Waals surface area contributed by atoms with E-state index in [2.05, 4.69) is 4.98 Å². The van der Waals surface area contributed by atoms with Gasteiger partial charge in [-0.2, -0.15) is 4.98 Å². The van der Waals surface area contributed by atoms with E-state index in [0.717, 1.165) is 33.6 Å². The smallest absolute Gasteiger partial charge is 0.225 e. The second-order valence-electron chi connectivity index (χ2n) is 7.29. The minimum Gasteiger partial charge on any atom is -0.496 e. The zero-order valence-electron chi connectivity index (χ0n) is 18.4. The number of hydrogen-bond donors (Lipinski definition) is 1. The van der Waals surface area contributed by atoms with Gasteiger partial charge >= 0.3 is 0 Å². The van der Waals surface area contributed by atoms with Crippen molar-refractivity contribution in [3.63, 3.8) is 0 Å². The fourth-order valence-electron chi connectivity index (χ4n) is 3.37. The summed E-state index contributed by atoms with van der Waals surface area (Å²) in [5.74, 6) is 1.70. The average Bonchev–Trinajstić information content (AvgIpc) is 2.87. The Bertz CT molecular complexity index is 1150. The third kappa shape index (κ3) is 6.25. The molecule has 0 bridgehead atoms. The van der Waals surface area contributed by atoms with Gasteiger partial charge in [0.15, 0.2) is 0 Å². The third-order valence-electron chi connectivity index (χ3n) is 5.07. The van der Waals surface area contributed by atoms with Gasteiger partial charge in [0.05, 0.1) is 7.11 Å². The standard InChI is InChI=1S/C27H26N2O3.ClH/c1-30-25-14-12-22(17-28)16-24(25)23-13-15-26(31-18-20-8-4-2-5-9-20)29-27(23)32-19-21-10-6-3-7-11-21;/h2-16H,17-19,28H2,1H3;1H. The molecule has 6 heteroatoms. The first-order chi connectivity index (χ1) is 15.8. The molecule has 0 amide bonds. The summed E-state index contributed by atoms with van der Waals surface area (Å²) in [6, 6.07) is 29.7. The first-order valence-electron chi connectivity index (χ1n) is 10.5. The first kappa shape index (κ1) is 24.1. The molecule has 5 nitrogen and oxygen atoms in total. The van der Waals surface area contributed by atoms with Crippen molar-refractivity contribution >= 4 is 12.4 Å². The molecule has 170 valence electrons. The maximum atomic E-state index is 6.17. The van der Waals surface area contributed by atoms with Crippen molar-refractivity contribution in [1.82, 2.24) is 4.98 Å². The predicted molar refractivity (Wildman–Crippen MR) is 133 cm³/mol. The molecule has 33 heavy (non-hydrogen) atoms. The Kier molecular flexibility index (Phi) is 8.70. The van der Waals surface area contributed by atoms with E-state index >= 15 is 0 Å². The Morgan fingerprint density at radius 1 is 0.697 bits per heavy atom. The fraction of sp³-hybridized carbons (Fsp3) is 0.148. The topological polar surface area (TPSA) is 66.6 Å². The Hall–Kier alpha value is -3.54. The largest absolute Gasteiger partial charge is 0.496 e. The molecule has 0 radical (unpaired) electrons. The molecule has 0 fully saturated rings. The highest BCUT2D eigenvalue weighted by molar-refractivity contribution is 5.85. The number of methoxy groups -OCH3 is 1. The Balaban J connectivity index is 0.00000306. The van der Waals surface area contributed by atoms with E-state index < -0.39 is 0 Å². The molecule has 0 atom stereocenters. The van der Waals surface area contributed by atoms with Crippen LogP contribution in [0.4, 0.5) is 0 Å². The number of ether oxygens (including phenoxy) is 3. The third-order valence-corrected chi connectivity index (χ3v) is 5.07. The molecule has 0 aliphatic heterocycles. The monoisotopic (exact) mass is 462 g/mol. The number of aromatic nitrogens is 1. The van der Waals surface area contributed by atoms with Crippen molar-refractivity contribution in [2.75, 3.05) is 7.11 Å². The quantitative estimate of drug-likeness (QED) is 0.340. The van der Waals surface area contributed by atoms with Crippen LogP contribution in [0.2, 0.25) is 0 Å². The number of nitrogens with two attached hydrogens (primary N) is 1. The summed E-state index contributed by atoms with van der Waals surface area (Å²) in [4.78, 5) is 4.68. The second kappa shape index (κ2) is 11.9. The van der Waals surface area contributed by atoms with Gasteiger partial charge in [-0.05, 0) is 34.9 Å². The van der Waals surface area contributed by atoms with E-state index in [-0.39, 0.29) is 12.4 Å². The van der Waals surface area contributed by atoms with Crippen LogP contribution in [0.1, 0.15) is 16.7 Å². The SMILES string of the molecule is COc1ccc(CN)cc1-c1ccc(OCc2ccccc2)nc1OCc1ccccc1.Cl. The number of benzene rings is 3. The summed E-state index contributed by atoms with van der Waals surface area (Å²) in [6.45, 7) is 1.25. The molecule has 0 saturated carbocycles. The number of halogens is 1. The minimum absolute atomic E-state index is 0. The molecular weight excluding hydrogens is 436 g/mol. The highest BCUT2D eigenvalue weighted by Crippen LogP contribution is 2.37. The lowest BCUT2D eigenvalue weighted by Crippen LogP contribution is -2.03. The lowest BCUT2D eigenvalue weighted by atomic mass is 10.0. The van der Waals surface area contributed by atoms with Gasteiger partial charge in [0.2, 0.25) is 11.8 Å². The summed E-state index contributed by atoms with van der Waals surface area (Å²) >= 11 is 0. The molecule has 1 heterocycles. The molecule has 0 saturated heterocycles. The number of hydrogen-bond acceptors (Lipinski definition) is 5. The van der Waals surface area contributed by atoms with Crippen molar-refractivity contribution in [1.29, 1.82) is 0 Å². The second-order valence-corrected chi connectivity index (χ2v) is 7.29. The van der Waals surface area contributed by atoms with Crippen LogP contribution >= 0.6 is 12.4 Å². The van der Waals surface area contributed by atoms with Gasteiger partial charge in [-0.1, -0.05) is 66.7 Å². The molecule has 3 aromatic carbocycles. The van der Waals surface area contributed by atoms with Crippen LogP contribution in [0.5, 0.6) is 17.5 Å². The van der Waals surface area contributed by atoms with Gasteiger partial charge in [-0.3, -0.25) is 0 Å². The van der Waals surface area contributed by atoms with Crippen LogP contribution < -0.4 is 19.9 Å². The van der Waals surface area contributed by atoms with E-state index in [1.165, 1.54) is 0 Å². The van der Waals surface area contributed by atoms with Crippen LogP contribution in [0.3, 0.4) is 0 Å². The summed E-state index contributed by atoms with van der Waals surface area (Å²) < 4.78 is 17.7. The summed E-state index contributed by atoms with van der Waals surface area (Å²) in [5.41, 5.74) is 10.7. The maximum Gasteiger partial charge on any atom is 0.225 e. The lowest BCUT2D eigenvalue weighted by Gasteiger charge is -2.16. The fourth-order valence-corrected chi connectivity index (χ4v) is 3.37. The molecule has 2 N–H and O–H groups in total. The number of rotatable bonds is 9. The molecule has 4 rings (SSSR count). The maximum absolute atomic E-state index is 6.17. The van der Waals surface area contributed by atoms with Gasteiger partial charge in [0.25, 0.3) is 0 Å². The van der Waals surface area contributed by atoms with Crippen molar-refractivity contribution < 1.29 is 14.2 Å². The minimum atomic E-state index is 0. The average molecular weight is 463 g/mol. The van der Waals surface area contributed by atoms with E-state index in [9.17, 15) is 0 Å². The van der Waals surface area contributed by atoms with Crippen LogP contribution in [-0.4, -0.2) is 12.1 Å². The van der Waals surface area contributed by atoms with Gasteiger partial charge in [-0.15, -0.1) is 12.4 Å². The molecule has 1 aromatic heterocycles. The summed E-state index contributed by atoms with van der Waals surface area (Å²) in [7, 11) is 1.65. The normalized spacial score (nSPS) is 10.2. The van der Waals surface area contributed by atoms with E-state index in [4.69, 9.17) is 19.9 Å². The molecule has 0 aliphatic rings. The van der Waals surface area contributed by atoms with Crippen molar-refractivity contribution in [3.8, 4) is 28.6 Å². The Morgan fingerprint density at radius 2 is 1.33 bits per heavy atom. The van der Waals surface area contributed by atoms with E-state index in [1.807, 2.05) is 91.0 Å². The van der Waals surface area contributed by atoms with Crippen LogP contribution in [0.15, 0.2) is 91.0 Å². The molecule has 0 aliphatic carbocycles. The van der Waals surface area contributed by atoms with E-state index in [0.29, 0.717) is 31.5 Å². The lowest BCUT2D eigenvalue weighted by molar-refractivity contribution is 0.268. The summed E-state index contributed by atoms with van der Waals surface area (Å²) in [6.07, 6.45) is 0. The molecule has 0 unspecified atom stereocenters. The molecule has 4 aromatic rings. The number of pyridine rings is 1. The van der Waals surface area contributed by atoms with Gasteiger partial charge in [0.1, 0.15) is 19.0 Å². The zero-order chi connectivity index (χ0) is 22.2. The van der Waals surface area contributed by atoms with Crippen molar-refractivity contribution in [2.45, 2.75) is 19.8 Å². The zero-order valence-corrected chi connectivity index (χ0v) is 19.3. The summed E-state index contributed by atoms with van der Waals surface area (Å²) in [5, 5.41) is 0. The number of nitrogens with zero attached hydrogens (tertiary/aromatic N) is 1. The molecular formula is C27H27ClN2O3. The van der Waals surface area contributed by atoms with E-state index in [1.54, 1.807) is 7.11 Å². The van der Waals surface area contributed by atoms with Crippen LogP contribution in [0, 0.1) is 0 Å². The van der Waals surface area contributed by atoms with Crippen LogP contribution in [0.25, 0.3) is 11.1 Å². The predicted octanol–water partition coefficient (Wildman–Crippen LogP) is 5.80. The van der Waals surface area contributed by atoms with Crippen LogP contribution in [-0.2, 0) is 19.8 Å². The highest BCUT2D eigenvalue weighted by Gasteiger charge is 2.16. The van der Waals surface area contributed by atoms with Crippen molar-refractivity contribution in [2.24, 2.45) is 5.73 Å². The van der Waals surface area contributed by atoms with Gasteiger partial charge in [0, 0.05) is 23.7 Å². The highest BCUT2D eigenvalue weighted by atomic mass is 35.5. The Labute approximate surface area is 200 Å². The molecule has 0 spiro atoms. The first-order valence-corrected chi connectivity index (χ1v) is 10.5. The van der Waals surface area contributed by atoms with Gasteiger partial charge in [-0.25, -0.2) is 0 Å². The Morgan fingerprint density at radius 3 is 1.94 bits per heavy atom.